The molecule has 0 heterocycles. The van der Waals surface area contributed by atoms with Crippen LogP contribution >= 0.6 is 0 Å². The Balaban J connectivity index is 1.49. The maximum atomic E-state index is 12.2. The molecule has 6 nitrogen and oxygen atoms in total. The number of amides is 1. The number of hydrogen-bond acceptors (Lipinski definition) is 5. The number of hydrogen-bond donors (Lipinski definition) is 1. The second kappa shape index (κ2) is 11.4. The fourth-order valence-electron chi connectivity index (χ4n) is 3.56. The average Bonchev–Trinajstić information content (AvgIpc) is 2.81. The van der Waals surface area contributed by atoms with Crippen molar-refractivity contribution in [3.05, 3.63) is 107 Å². The van der Waals surface area contributed by atoms with Crippen molar-refractivity contribution in [2.45, 2.75) is 18.1 Å². The molecule has 0 atom stereocenters. The third kappa shape index (κ3) is 7.88. The van der Waals surface area contributed by atoms with E-state index in [1.54, 1.807) is 12.1 Å². The summed E-state index contributed by atoms with van der Waals surface area (Å²) < 4.78 is 27.8. The van der Waals surface area contributed by atoms with Crippen LogP contribution in [0.1, 0.15) is 39.4 Å². The van der Waals surface area contributed by atoms with Crippen molar-refractivity contribution >= 4 is 21.7 Å². The fourth-order valence-corrected chi connectivity index (χ4v) is 4.36. The van der Waals surface area contributed by atoms with Crippen molar-refractivity contribution in [2.24, 2.45) is 0 Å². The number of ether oxygens (including phenoxy) is 1. The van der Waals surface area contributed by atoms with Gasteiger partial charge in [-0.15, -0.1) is 0 Å². The van der Waals surface area contributed by atoms with Crippen molar-refractivity contribution in [1.29, 1.82) is 0 Å². The number of carbonyl (C=O) groups excluding carboxylic acids is 2. The number of carbonyl (C=O) groups is 2. The standard InChI is InChI=1S/C26H27NO5S/c1-33(30,31)19-20-12-14-23(15-13-20)26(29)32-18-25(28)27-17-16-24(21-8-4-2-5-9-21)22-10-6-3-7-11-22/h2-15,24H,16-19H2,1H3,(H,27,28). The van der Waals surface area contributed by atoms with E-state index in [-0.39, 0.29) is 29.7 Å². The summed E-state index contributed by atoms with van der Waals surface area (Å²) in [7, 11) is -3.15. The van der Waals surface area contributed by atoms with Crippen LogP contribution in [0, 0.1) is 0 Å². The Labute approximate surface area is 194 Å². The van der Waals surface area contributed by atoms with Gasteiger partial charge in [-0.05, 0) is 35.2 Å². The molecule has 0 fully saturated rings. The molecule has 0 radical (unpaired) electrons. The highest BCUT2D eigenvalue weighted by Crippen LogP contribution is 2.27. The Morgan fingerprint density at radius 2 is 1.39 bits per heavy atom. The summed E-state index contributed by atoms with van der Waals surface area (Å²) in [6, 6.07) is 26.3. The van der Waals surface area contributed by atoms with Gasteiger partial charge in [-0.2, -0.15) is 0 Å². The van der Waals surface area contributed by atoms with Crippen LogP contribution in [0.4, 0.5) is 0 Å². The topological polar surface area (TPSA) is 89.5 Å². The van der Waals surface area contributed by atoms with Crippen molar-refractivity contribution in [3.63, 3.8) is 0 Å². The second-order valence-electron chi connectivity index (χ2n) is 7.86. The molecule has 1 N–H and O–H groups in total. The molecule has 0 aliphatic rings. The van der Waals surface area contributed by atoms with E-state index in [1.165, 1.54) is 23.3 Å². The summed E-state index contributed by atoms with van der Waals surface area (Å²) in [6.45, 7) is 0.0519. The zero-order valence-corrected chi connectivity index (χ0v) is 19.3. The molecule has 3 rings (SSSR count). The predicted octanol–water partition coefficient (Wildman–Crippen LogP) is 3.73. The largest absolute Gasteiger partial charge is 0.452 e. The zero-order chi connectivity index (χ0) is 23.7. The molecule has 0 saturated carbocycles. The highest BCUT2D eigenvalue weighted by atomic mass is 32.2. The Kier molecular flexibility index (Phi) is 8.38. The smallest absolute Gasteiger partial charge is 0.338 e. The van der Waals surface area contributed by atoms with E-state index in [4.69, 9.17) is 4.74 Å². The molecule has 0 aliphatic heterocycles. The minimum Gasteiger partial charge on any atom is -0.452 e. The van der Waals surface area contributed by atoms with E-state index in [2.05, 4.69) is 29.6 Å². The lowest BCUT2D eigenvalue weighted by Gasteiger charge is -2.18. The molecular formula is C26H27NO5S. The van der Waals surface area contributed by atoms with E-state index in [1.807, 2.05) is 36.4 Å². The number of benzene rings is 3. The van der Waals surface area contributed by atoms with Crippen LogP contribution in [0.25, 0.3) is 0 Å². The Hall–Kier alpha value is -3.45. The molecule has 3 aromatic carbocycles. The highest BCUT2D eigenvalue weighted by Gasteiger charge is 2.15. The minimum atomic E-state index is -3.15. The van der Waals surface area contributed by atoms with Gasteiger partial charge in [-0.25, -0.2) is 13.2 Å². The van der Waals surface area contributed by atoms with Gasteiger partial charge in [0.15, 0.2) is 16.4 Å². The van der Waals surface area contributed by atoms with Gasteiger partial charge in [-0.1, -0.05) is 72.8 Å². The van der Waals surface area contributed by atoms with E-state index in [0.29, 0.717) is 18.5 Å². The Morgan fingerprint density at radius 3 is 1.91 bits per heavy atom. The van der Waals surface area contributed by atoms with E-state index >= 15 is 0 Å². The molecule has 33 heavy (non-hydrogen) atoms. The van der Waals surface area contributed by atoms with Gasteiger partial charge in [-0.3, -0.25) is 4.79 Å². The van der Waals surface area contributed by atoms with Gasteiger partial charge in [0.2, 0.25) is 0 Å². The summed E-state index contributed by atoms with van der Waals surface area (Å²) in [5, 5.41) is 2.81. The van der Waals surface area contributed by atoms with Crippen LogP contribution in [0.5, 0.6) is 0 Å². The van der Waals surface area contributed by atoms with Gasteiger partial charge in [0.25, 0.3) is 5.91 Å². The first-order chi connectivity index (χ1) is 15.8. The van der Waals surface area contributed by atoms with Crippen LogP contribution in [-0.4, -0.2) is 39.7 Å². The molecular weight excluding hydrogens is 438 g/mol. The average molecular weight is 466 g/mol. The normalized spacial score (nSPS) is 11.2. The molecule has 0 spiro atoms. The first-order valence-corrected chi connectivity index (χ1v) is 12.7. The minimum absolute atomic E-state index is 0.0995. The number of esters is 1. The molecule has 3 aromatic rings. The van der Waals surface area contributed by atoms with Crippen LogP contribution in [0.2, 0.25) is 0 Å². The van der Waals surface area contributed by atoms with Gasteiger partial charge in [0.1, 0.15) is 0 Å². The molecule has 0 saturated heterocycles. The maximum Gasteiger partial charge on any atom is 0.338 e. The third-order valence-electron chi connectivity index (χ3n) is 5.11. The van der Waals surface area contributed by atoms with Crippen molar-refractivity contribution in [2.75, 3.05) is 19.4 Å². The van der Waals surface area contributed by atoms with Gasteiger partial charge in [0, 0.05) is 18.7 Å². The van der Waals surface area contributed by atoms with Gasteiger partial charge >= 0.3 is 5.97 Å². The Bertz CT molecular complexity index is 1120. The second-order valence-corrected chi connectivity index (χ2v) is 10.00. The van der Waals surface area contributed by atoms with Crippen LogP contribution in [0.3, 0.4) is 0 Å². The van der Waals surface area contributed by atoms with Crippen LogP contribution in [0.15, 0.2) is 84.9 Å². The summed E-state index contributed by atoms with van der Waals surface area (Å²) >= 11 is 0. The first-order valence-electron chi connectivity index (χ1n) is 10.6. The lowest BCUT2D eigenvalue weighted by atomic mass is 9.88. The molecule has 7 heteroatoms. The maximum absolute atomic E-state index is 12.2. The number of sulfone groups is 1. The quantitative estimate of drug-likeness (QED) is 0.461. The molecule has 172 valence electrons. The molecule has 0 aliphatic carbocycles. The van der Waals surface area contributed by atoms with Crippen LogP contribution < -0.4 is 5.32 Å². The van der Waals surface area contributed by atoms with Gasteiger partial charge < -0.3 is 10.1 Å². The van der Waals surface area contributed by atoms with E-state index in [0.717, 1.165) is 6.26 Å². The number of nitrogens with one attached hydrogen (secondary N) is 1. The van der Waals surface area contributed by atoms with Crippen molar-refractivity contribution in [3.8, 4) is 0 Å². The SMILES string of the molecule is CS(=O)(=O)Cc1ccc(C(=O)OCC(=O)NCCC(c2ccccc2)c2ccccc2)cc1. The third-order valence-corrected chi connectivity index (χ3v) is 5.97. The van der Waals surface area contributed by atoms with Gasteiger partial charge in [0.05, 0.1) is 11.3 Å². The monoisotopic (exact) mass is 465 g/mol. The van der Waals surface area contributed by atoms with E-state index < -0.39 is 15.8 Å². The molecule has 0 aromatic heterocycles. The summed E-state index contributed by atoms with van der Waals surface area (Å²) in [5.74, 6) is -0.974. The lowest BCUT2D eigenvalue weighted by molar-refractivity contribution is -0.124. The number of rotatable bonds is 10. The molecule has 0 unspecified atom stereocenters. The Morgan fingerprint density at radius 1 is 0.848 bits per heavy atom. The molecule has 1 amide bonds. The predicted molar refractivity (Wildman–Crippen MR) is 128 cm³/mol. The van der Waals surface area contributed by atoms with Crippen LogP contribution in [-0.2, 0) is 25.1 Å². The van der Waals surface area contributed by atoms with E-state index in [9.17, 15) is 18.0 Å². The summed E-state index contributed by atoms with van der Waals surface area (Å²) in [4.78, 5) is 24.4. The summed E-state index contributed by atoms with van der Waals surface area (Å²) in [5.41, 5.74) is 3.18. The molecule has 0 bridgehead atoms. The summed E-state index contributed by atoms with van der Waals surface area (Å²) in [6.07, 6.45) is 1.85. The fraction of sp³-hybridized carbons (Fsp3) is 0.231. The first kappa shape index (κ1) is 24.2. The zero-order valence-electron chi connectivity index (χ0n) is 18.4. The highest BCUT2D eigenvalue weighted by molar-refractivity contribution is 7.89. The van der Waals surface area contributed by atoms with Crippen molar-refractivity contribution < 1.29 is 22.7 Å². The van der Waals surface area contributed by atoms with Crippen molar-refractivity contribution in [1.82, 2.24) is 5.32 Å². The lowest BCUT2D eigenvalue weighted by Crippen LogP contribution is -2.30.